The Morgan fingerprint density at radius 1 is 0.570 bits per heavy atom. The molecule has 0 spiro atoms. The summed E-state index contributed by atoms with van der Waals surface area (Å²) in [4.78, 5) is 159. The summed E-state index contributed by atoms with van der Waals surface area (Å²) >= 11 is 1.31. The van der Waals surface area contributed by atoms with Crippen molar-refractivity contribution in [1.82, 2.24) is 53.2 Å². The molecule has 33 heteroatoms. The Morgan fingerprint density at radius 3 is 1.65 bits per heavy atom. The number of aliphatic hydroxyl groups excluding tert-OH is 3. The highest BCUT2D eigenvalue weighted by Crippen LogP contribution is 2.10. The molecule has 1 rings (SSSR count). The maximum atomic E-state index is 14.2. The van der Waals surface area contributed by atoms with Crippen molar-refractivity contribution in [1.29, 1.82) is 0 Å². The van der Waals surface area contributed by atoms with Crippen molar-refractivity contribution in [3.8, 4) is 0 Å². The van der Waals surface area contributed by atoms with E-state index >= 15 is 0 Å². The summed E-state index contributed by atoms with van der Waals surface area (Å²) < 4.78 is 0. The molecule has 79 heavy (non-hydrogen) atoms. The van der Waals surface area contributed by atoms with Gasteiger partial charge in [0.1, 0.15) is 42.3 Å². The van der Waals surface area contributed by atoms with Crippen LogP contribution in [0, 0.1) is 0 Å². The van der Waals surface area contributed by atoms with Gasteiger partial charge in [-0.25, -0.2) is 0 Å². The number of carbonyl (C=O) groups excluding carboxylic acids is 12. The number of nitrogens with zero attached hydrogens (tertiary/aromatic N) is 1. The van der Waals surface area contributed by atoms with E-state index in [9.17, 15) is 72.9 Å². The van der Waals surface area contributed by atoms with E-state index in [-0.39, 0.29) is 76.3 Å². The minimum absolute atomic E-state index is 0.0444. The number of aliphatic imine (C=N–C) groups is 1. The van der Waals surface area contributed by atoms with Gasteiger partial charge in [0.15, 0.2) is 5.96 Å². The number of nitrogens with two attached hydrogens (primary N) is 6. The van der Waals surface area contributed by atoms with E-state index in [4.69, 9.17) is 34.4 Å². The maximum Gasteiger partial charge on any atom is 0.252 e. The molecule has 0 saturated carbocycles. The van der Waals surface area contributed by atoms with Gasteiger partial charge < -0.3 is 103 Å². The average molecular weight is 1140 g/mol. The highest BCUT2D eigenvalue weighted by Gasteiger charge is 2.35. The lowest BCUT2D eigenvalue weighted by molar-refractivity contribution is -0.137. The van der Waals surface area contributed by atoms with E-state index in [1.54, 1.807) is 16.8 Å². The molecule has 0 bridgehead atoms. The van der Waals surface area contributed by atoms with Gasteiger partial charge in [-0.3, -0.25) is 62.5 Å². The highest BCUT2D eigenvalue weighted by molar-refractivity contribution is 7.08. The summed E-state index contributed by atoms with van der Waals surface area (Å²) in [6, 6.07) is -10.8. The van der Waals surface area contributed by atoms with Crippen LogP contribution in [0.3, 0.4) is 0 Å². The zero-order valence-corrected chi connectivity index (χ0v) is 45.2. The highest BCUT2D eigenvalue weighted by atomic mass is 32.1. The van der Waals surface area contributed by atoms with E-state index < -0.39 is 145 Å². The minimum Gasteiger partial charge on any atom is -0.394 e. The second-order valence-corrected chi connectivity index (χ2v) is 19.0. The Balaban J connectivity index is 3.40. The van der Waals surface area contributed by atoms with Gasteiger partial charge in [0.2, 0.25) is 65.0 Å². The van der Waals surface area contributed by atoms with Crippen LogP contribution in [0.5, 0.6) is 0 Å². The number of rotatable bonds is 39. The molecule has 0 unspecified atom stereocenters. The molecule has 12 amide bonds. The second kappa shape index (κ2) is 37.3. The molecule has 0 fully saturated rings. The molecular weight excluding hydrogens is 1060 g/mol. The molecule has 0 aliphatic heterocycles. The molecule has 10 atom stereocenters. The van der Waals surface area contributed by atoms with E-state index in [1.165, 1.54) is 18.3 Å². The molecule has 1 aromatic rings. The SMILES string of the molecule is C[C@H](NC(=O)[C@@H](NC(=O)[C@H](CCC(N)=O)NC(=O)[C@@H](N)CCCCN)[C@@H](C)O)C(=O)N[C@@H](CCCN=C(N)N)C(=O)N[C@@H](CCCCNC(=O)c1ccsc1)C(=O)N[C@@H](CO)C(=O)N[C@H](C(=O)NCC(=O)NCC(N)=O)[C@@H](C)O. The Kier molecular flexibility index (Phi) is 32.7. The van der Waals surface area contributed by atoms with Crippen LogP contribution >= 0.6 is 11.3 Å². The number of nitrogens with one attached hydrogen (secondary N) is 10. The molecule has 0 saturated heterocycles. The topological polar surface area (TPSA) is 554 Å². The summed E-state index contributed by atoms with van der Waals surface area (Å²) in [5.74, 6) is -11.4. The Morgan fingerprint density at radius 2 is 1.10 bits per heavy atom. The van der Waals surface area contributed by atoms with E-state index in [0.29, 0.717) is 24.9 Å². The van der Waals surface area contributed by atoms with Crippen molar-refractivity contribution in [2.75, 3.05) is 39.3 Å². The lowest BCUT2D eigenvalue weighted by atomic mass is 10.0. The molecule has 0 aliphatic carbocycles. The van der Waals surface area contributed by atoms with E-state index in [1.807, 2.05) is 0 Å². The third-order valence-electron chi connectivity index (χ3n) is 11.4. The van der Waals surface area contributed by atoms with Crippen molar-refractivity contribution >= 4 is 88.2 Å². The van der Waals surface area contributed by atoms with Crippen LogP contribution in [0.2, 0.25) is 0 Å². The molecule has 1 aromatic heterocycles. The molecule has 444 valence electrons. The number of carbonyl (C=O) groups is 12. The largest absolute Gasteiger partial charge is 0.394 e. The fraction of sp³-hybridized carbons (Fsp3) is 0.630. The van der Waals surface area contributed by atoms with Gasteiger partial charge in [-0.15, -0.1) is 0 Å². The van der Waals surface area contributed by atoms with Crippen LogP contribution < -0.4 is 87.6 Å². The first kappa shape index (κ1) is 69.4. The van der Waals surface area contributed by atoms with E-state index in [0.717, 1.165) is 13.8 Å². The predicted molar refractivity (Wildman–Crippen MR) is 285 cm³/mol. The van der Waals surface area contributed by atoms with Gasteiger partial charge in [-0.05, 0) is 90.1 Å². The summed E-state index contributed by atoms with van der Waals surface area (Å²) in [5, 5.41) is 58.0. The normalized spacial score (nSPS) is 14.7. The van der Waals surface area contributed by atoms with Crippen molar-refractivity contribution in [2.24, 2.45) is 39.4 Å². The van der Waals surface area contributed by atoms with Crippen LogP contribution in [-0.4, -0.2) is 192 Å². The Hall–Kier alpha value is -7.59. The average Bonchev–Trinajstić information content (AvgIpc) is 3.94. The molecule has 0 aliphatic rings. The summed E-state index contributed by atoms with van der Waals surface area (Å²) in [6.07, 6.45) is -2.53. The zero-order chi connectivity index (χ0) is 59.8. The number of unbranched alkanes of at least 4 members (excludes halogenated alkanes) is 2. The predicted octanol–water partition coefficient (Wildman–Crippen LogP) is -8.69. The summed E-state index contributed by atoms with van der Waals surface area (Å²) in [5.41, 5.74) is 33.1. The first-order valence-electron chi connectivity index (χ1n) is 25.2. The summed E-state index contributed by atoms with van der Waals surface area (Å²) in [7, 11) is 0. The van der Waals surface area contributed by atoms with Crippen LogP contribution in [-0.2, 0) is 52.7 Å². The number of hydrogen-bond donors (Lipinski definition) is 19. The van der Waals surface area contributed by atoms with Gasteiger partial charge in [0, 0.05) is 30.5 Å². The number of primary amides is 2. The first-order valence-corrected chi connectivity index (χ1v) is 26.2. The van der Waals surface area contributed by atoms with Gasteiger partial charge in [-0.1, -0.05) is 6.42 Å². The third kappa shape index (κ3) is 28.0. The van der Waals surface area contributed by atoms with Crippen molar-refractivity contribution < 1.29 is 72.9 Å². The molecule has 1 heterocycles. The maximum absolute atomic E-state index is 14.2. The van der Waals surface area contributed by atoms with Crippen LogP contribution in [0.15, 0.2) is 21.8 Å². The van der Waals surface area contributed by atoms with Gasteiger partial charge >= 0.3 is 0 Å². The van der Waals surface area contributed by atoms with Crippen molar-refractivity contribution in [3.63, 3.8) is 0 Å². The zero-order valence-electron chi connectivity index (χ0n) is 44.4. The van der Waals surface area contributed by atoms with Gasteiger partial charge in [-0.2, -0.15) is 11.3 Å². The molecule has 32 nitrogen and oxygen atoms in total. The van der Waals surface area contributed by atoms with Crippen molar-refractivity contribution in [2.45, 2.75) is 146 Å². The van der Waals surface area contributed by atoms with Crippen molar-refractivity contribution in [3.05, 3.63) is 22.4 Å². The Bertz CT molecular complexity index is 2230. The number of aliphatic hydroxyl groups is 3. The fourth-order valence-electron chi connectivity index (χ4n) is 6.93. The lowest BCUT2D eigenvalue weighted by Gasteiger charge is -2.28. The fourth-order valence-corrected chi connectivity index (χ4v) is 7.57. The van der Waals surface area contributed by atoms with E-state index in [2.05, 4.69) is 58.2 Å². The number of amides is 12. The quantitative estimate of drug-likeness (QED) is 0.0165. The molecular formula is C46H79N17O15S. The third-order valence-corrected chi connectivity index (χ3v) is 12.1. The Labute approximate surface area is 459 Å². The van der Waals surface area contributed by atoms with Crippen LogP contribution in [0.25, 0.3) is 0 Å². The van der Waals surface area contributed by atoms with Gasteiger partial charge in [0.05, 0.1) is 37.9 Å². The smallest absolute Gasteiger partial charge is 0.252 e. The monoisotopic (exact) mass is 1140 g/mol. The van der Waals surface area contributed by atoms with Gasteiger partial charge in [0.25, 0.3) is 5.91 Å². The lowest BCUT2D eigenvalue weighted by Crippen LogP contribution is -2.61. The molecule has 25 N–H and O–H groups in total. The van der Waals surface area contributed by atoms with Crippen LogP contribution in [0.4, 0.5) is 0 Å². The minimum atomic E-state index is -1.82. The first-order chi connectivity index (χ1) is 37.2. The number of thiophene rings is 1. The second-order valence-electron chi connectivity index (χ2n) is 18.2. The van der Waals surface area contributed by atoms with Crippen LogP contribution in [0.1, 0.15) is 95.3 Å². The number of guanidine groups is 1. The summed E-state index contributed by atoms with van der Waals surface area (Å²) in [6.45, 7) is 1.58. The molecule has 0 radical (unpaired) electrons. The number of hydrogen-bond acceptors (Lipinski definition) is 19. The standard InChI is InChI=1S/C46H79N17O15S/c1-23(57-45(78)36(25(3)66)63-42(75)30(12-13-32(49)67)59-39(72)27(48)9-4-6-15-47)37(70)58-29(11-8-17-54-46(51)52)40(73)60-28(10-5-7-16-53-38(71)26-14-18-79-22-26)41(74)61-31(21-64)43(76)62-35(24(2)65)44(77)56-20-34(69)55-19-33(50)68/h14,18,22-25,27-31,35-36,64-66H,4-13,15-17,19-21,47-48H2,1-3H3,(H2,49,67)(H2,50,68)(H,53,71)(H,55,69)(H,56,77)(H,57,78)(H,58,70)(H,59,72)(H,60,73)(H,61,74)(H,62,76)(H,63,75)(H4,51,52,54)/t23-,24+,25+,27-,28-,29-,30-,31-,35-,36-/m0/s1. The molecule has 0 aromatic carbocycles.